The summed E-state index contributed by atoms with van der Waals surface area (Å²) in [6, 6.07) is 5.62. The Morgan fingerprint density at radius 1 is 1.08 bits per heavy atom. The Morgan fingerprint density at radius 3 is 2.58 bits per heavy atom. The van der Waals surface area contributed by atoms with Crippen molar-refractivity contribution in [2.75, 3.05) is 0 Å². The van der Waals surface area contributed by atoms with E-state index < -0.39 is 5.54 Å². The van der Waals surface area contributed by atoms with Crippen LogP contribution in [-0.2, 0) is 16.1 Å². The summed E-state index contributed by atoms with van der Waals surface area (Å²) in [6.45, 7) is 0.407. The second-order valence-corrected chi connectivity index (χ2v) is 8.04. The van der Waals surface area contributed by atoms with Crippen molar-refractivity contribution in [2.24, 2.45) is 5.92 Å². The van der Waals surface area contributed by atoms with Gasteiger partial charge in [-0.05, 0) is 62.3 Å². The third kappa shape index (κ3) is 2.20. The van der Waals surface area contributed by atoms with Crippen LogP contribution in [0, 0.1) is 5.92 Å². The van der Waals surface area contributed by atoms with Gasteiger partial charge in [0.2, 0.25) is 5.91 Å². The summed E-state index contributed by atoms with van der Waals surface area (Å²) in [7, 11) is 0. The van der Waals surface area contributed by atoms with Gasteiger partial charge in [-0.25, -0.2) is 0 Å². The first-order valence-electron chi connectivity index (χ1n) is 9.54. The number of nitrogens with one attached hydrogen (secondary N) is 1. The molecular weight excluding hydrogens is 332 g/mol. The average Bonchev–Trinajstić information content (AvgIpc) is 2.91. The minimum Gasteiger partial charge on any atom is -0.490 e. The Hall–Kier alpha value is -2.37. The lowest BCUT2D eigenvalue weighted by atomic mass is 9.63. The lowest BCUT2D eigenvalue weighted by Crippen LogP contribution is -2.73. The minimum absolute atomic E-state index is 0.118. The van der Waals surface area contributed by atoms with Gasteiger partial charge in [-0.3, -0.25) is 19.7 Å². The van der Waals surface area contributed by atoms with Gasteiger partial charge in [-0.2, -0.15) is 0 Å². The molecule has 2 saturated heterocycles. The van der Waals surface area contributed by atoms with Crippen LogP contribution in [0.4, 0.5) is 0 Å². The highest BCUT2D eigenvalue weighted by Crippen LogP contribution is 2.49. The lowest BCUT2D eigenvalue weighted by molar-refractivity contribution is -0.160. The molecule has 1 aromatic rings. The van der Waals surface area contributed by atoms with E-state index in [2.05, 4.69) is 5.32 Å². The van der Waals surface area contributed by atoms with Gasteiger partial charge in [0.1, 0.15) is 11.3 Å². The molecule has 0 spiro atoms. The fourth-order valence-electron chi connectivity index (χ4n) is 4.89. The second kappa shape index (κ2) is 5.56. The van der Waals surface area contributed by atoms with E-state index in [9.17, 15) is 14.4 Å². The van der Waals surface area contributed by atoms with Crippen LogP contribution >= 0.6 is 0 Å². The highest BCUT2D eigenvalue weighted by atomic mass is 16.5. The van der Waals surface area contributed by atoms with Gasteiger partial charge in [0.15, 0.2) is 0 Å². The van der Waals surface area contributed by atoms with Crippen LogP contribution < -0.4 is 10.1 Å². The quantitative estimate of drug-likeness (QED) is 0.844. The first-order valence-corrected chi connectivity index (χ1v) is 9.54. The molecule has 6 nitrogen and oxygen atoms in total. The highest BCUT2D eigenvalue weighted by Gasteiger charge is 2.62. The summed E-state index contributed by atoms with van der Waals surface area (Å²) >= 11 is 0. The number of nitrogens with zero attached hydrogens (tertiary/aromatic N) is 1. The molecule has 0 aromatic heterocycles. The number of benzene rings is 1. The molecule has 0 radical (unpaired) electrons. The first-order chi connectivity index (χ1) is 12.6. The predicted octanol–water partition coefficient (Wildman–Crippen LogP) is 2.16. The molecule has 2 aliphatic carbocycles. The van der Waals surface area contributed by atoms with Gasteiger partial charge < -0.3 is 9.64 Å². The molecular formula is C20H22N2O4. The SMILES string of the molecule is O=C1NC(=O)C2(N3Cc4cc(OC5CCCCC5)ccc4C3=O)CC1C2. The van der Waals surface area contributed by atoms with Crippen molar-refractivity contribution in [1.82, 2.24) is 10.2 Å². The van der Waals surface area contributed by atoms with Crippen molar-refractivity contribution in [3.8, 4) is 5.75 Å². The molecule has 6 rings (SSSR count). The molecule has 26 heavy (non-hydrogen) atoms. The number of imide groups is 1. The van der Waals surface area contributed by atoms with Crippen LogP contribution in [0.15, 0.2) is 18.2 Å². The van der Waals surface area contributed by atoms with E-state index in [1.165, 1.54) is 19.3 Å². The van der Waals surface area contributed by atoms with Crippen LogP contribution in [0.5, 0.6) is 5.75 Å². The molecule has 6 heteroatoms. The number of fused-ring (bicyclic) bond motifs is 3. The molecule has 2 saturated carbocycles. The van der Waals surface area contributed by atoms with Crippen LogP contribution in [0.25, 0.3) is 0 Å². The Balaban J connectivity index is 1.36. The number of ether oxygens (including phenoxy) is 1. The molecule has 3 aliphatic heterocycles. The van der Waals surface area contributed by atoms with Crippen LogP contribution in [0.2, 0.25) is 0 Å². The second-order valence-electron chi connectivity index (χ2n) is 8.04. The number of carbonyl (C=O) groups is 3. The first kappa shape index (κ1) is 15.9. The van der Waals surface area contributed by atoms with Crippen molar-refractivity contribution in [3.05, 3.63) is 29.3 Å². The van der Waals surface area contributed by atoms with Crippen LogP contribution in [0.3, 0.4) is 0 Å². The summed E-state index contributed by atoms with van der Waals surface area (Å²) in [5.41, 5.74) is 0.702. The summed E-state index contributed by atoms with van der Waals surface area (Å²) in [6.07, 6.45) is 7.02. The molecule has 2 bridgehead atoms. The predicted molar refractivity (Wildman–Crippen MR) is 92.4 cm³/mol. The zero-order chi connectivity index (χ0) is 17.9. The van der Waals surface area contributed by atoms with Crippen molar-refractivity contribution in [1.29, 1.82) is 0 Å². The van der Waals surface area contributed by atoms with E-state index in [1.54, 1.807) is 4.90 Å². The normalized spacial score (nSPS) is 30.7. The zero-order valence-electron chi connectivity index (χ0n) is 14.6. The Morgan fingerprint density at radius 2 is 1.85 bits per heavy atom. The lowest BCUT2D eigenvalue weighted by Gasteiger charge is -2.53. The standard InChI is InChI=1S/C20H22N2O4/c23-17-13-9-20(10-13,19(25)21-17)22-11-12-8-15(6-7-16(12)18(22)24)26-14-4-2-1-3-5-14/h6-8,13-14H,1-5,9-11H2,(H,21,23,25). The zero-order valence-corrected chi connectivity index (χ0v) is 14.6. The smallest absolute Gasteiger partial charge is 0.255 e. The minimum atomic E-state index is -0.848. The van der Waals surface area contributed by atoms with Gasteiger partial charge in [-0.1, -0.05) is 6.42 Å². The molecule has 1 N–H and O–H groups in total. The largest absolute Gasteiger partial charge is 0.490 e. The monoisotopic (exact) mass is 354 g/mol. The Kier molecular flexibility index (Phi) is 3.39. The van der Waals surface area contributed by atoms with Crippen molar-refractivity contribution in [2.45, 2.75) is 63.1 Å². The van der Waals surface area contributed by atoms with E-state index >= 15 is 0 Å². The fraction of sp³-hybridized carbons (Fsp3) is 0.550. The Bertz CT molecular complexity index is 806. The van der Waals surface area contributed by atoms with Crippen molar-refractivity contribution in [3.63, 3.8) is 0 Å². The molecule has 0 unspecified atom stereocenters. The van der Waals surface area contributed by atoms with Gasteiger partial charge >= 0.3 is 0 Å². The molecule has 3 heterocycles. The topological polar surface area (TPSA) is 75.7 Å². The van der Waals surface area contributed by atoms with Crippen LogP contribution in [-0.4, -0.2) is 34.3 Å². The molecule has 4 fully saturated rings. The number of carbonyl (C=O) groups excluding carboxylic acids is 3. The Labute approximate surface area is 151 Å². The highest BCUT2D eigenvalue weighted by molar-refractivity contribution is 6.10. The fourth-order valence-corrected chi connectivity index (χ4v) is 4.89. The van der Waals surface area contributed by atoms with Crippen LogP contribution in [0.1, 0.15) is 60.9 Å². The summed E-state index contributed by atoms with van der Waals surface area (Å²) in [5, 5.41) is 2.41. The van der Waals surface area contributed by atoms with Crippen molar-refractivity contribution >= 4 is 17.7 Å². The molecule has 1 aromatic carbocycles. The number of hydrogen-bond donors (Lipinski definition) is 1. The number of rotatable bonds is 3. The van der Waals surface area contributed by atoms with E-state index in [4.69, 9.17) is 4.74 Å². The maximum Gasteiger partial charge on any atom is 0.255 e. The van der Waals surface area contributed by atoms with E-state index in [-0.39, 0.29) is 29.7 Å². The number of piperidine rings is 2. The summed E-state index contributed by atoms with van der Waals surface area (Å²) in [5.74, 6) is 0.00757. The van der Waals surface area contributed by atoms with Gasteiger partial charge in [0.05, 0.1) is 6.10 Å². The van der Waals surface area contributed by atoms with Gasteiger partial charge in [-0.15, -0.1) is 0 Å². The van der Waals surface area contributed by atoms with Gasteiger partial charge in [0.25, 0.3) is 11.8 Å². The summed E-state index contributed by atoms with van der Waals surface area (Å²) < 4.78 is 6.11. The third-order valence-corrected chi connectivity index (χ3v) is 6.45. The van der Waals surface area contributed by atoms with E-state index in [1.807, 2.05) is 18.2 Å². The average molecular weight is 354 g/mol. The molecule has 0 atom stereocenters. The number of hydrogen-bond acceptors (Lipinski definition) is 4. The maximum atomic E-state index is 12.9. The molecule has 3 amide bonds. The molecule has 5 aliphatic rings. The van der Waals surface area contributed by atoms with Gasteiger partial charge in [0, 0.05) is 18.0 Å². The maximum absolute atomic E-state index is 12.9. The van der Waals surface area contributed by atoms with Crippen molar-refractivity contribution < 1.29 is 19.1 Å². The van der Waals surface area contributed by atoms with E-state index in [0.29, 0.717) is 24.9 Å². The molecule has 136 valence electrons. The number of amides is 3. The summed E-state index contributed by atoms with van der Waals surface area (Å²) in [4.78, 5) is 38.6. The third-order valence-electron chi connectivity index (χ3n) is 6.45. The van der Waals surface area contributed by atoms with E-state index in [0.717, 1.165) is 24.2 Å².